The predicted octanol–water partition coefficient (Wildman–Crippen LogP) is 4.53. The maximum absolute atomic E-state index is 13.1. The summed E-state index contributed by atoms with van der Waals surface area (Å²) in [5.41, 5.74) is 2.49. The standard InChI is InChI=1S/C25H26N4O4S/c1-4-17-29-21-10-6-5-9-20(21)26-25(29)27-24(30)18-13-15-19(16-14-18)34(31,32)28(2)22-11-7-8-12-23(22)33-3/h5-16H,4,17H2,1-3H3,(H,26,27,30). The van der Waals surface area contributed by atoms with Crippen molar-refractivity contribution in [1.82, 2.24) is 9.55 Å². The highest BCUT2D eigenvalue weighted by molar-refractivity contribution is 7.92. The largest absolute Gasteiger partial charge is 0.495 e. The summed E-state index contributed by atoms with van der Waals surface area (Å²) in [6, 6.07) is 20.4. The number of hydrogen-bond acceptors (Lipinski definition) is 5. The number of nitrogens with one attached hydrogen (secondary N) is 1. The third kappa shape index (κ3) is 4.34. The summed E-state index contributed by atoms with van der Waals surface area (Å²) < 4.78 is 34.7. The van der Waals surface area contributed by atoms with Gasteiger partial charge in [-0.15, -0.1) is 0 Å². The number of hydrogen-bond donors (Lipinski definition) is 1. The zero-order chi connectivity index (χ0) is 24.3. The van der Waals surface area contributed by atoms with Crippen molar-refractivity contribution < 1.29 is 17.9 Å². The maximum atomic E-state index is 13.1. The molecule has 3 aromatic carbocycles. The van der Waals surface area contributed by atoms with Crippen LogP contribution in [0.1, 0.15) is 23.7 Å². The third-order valence-electron chi connectivity index (χ3n) is 5.53. The SMILES string of the molecule is CCCn1c(NC(=O)c2ccc(S(=O)(=O)N(C)c3ccccc3OC)cc2)nc2ccccc21. The van der Waals surface area contributed by atoms with Gasteiger partial charge in [0.05, 0.1) is 28.7 Å². The molecule has 0 unspecified atom stereocenters. The average Bonchev–Trinajstić information content (AvgIpc) is 3.20. The van der Waals surface area contributed by atoms with E-state index in [1.807, 2.05) is 28.8 Å². The molecule has 0 saturated carbocycles. The molecule has 0 spiro atoms. The van der Waals surface area contributed by atoms with E-state index in [4.69, 9.17) is 4.74 Å². The zero-order valence-electron chi connectivity index (χ0n) is 19.2. The number of rotatable bonds is 8. The summed E-state index contributed by atoms with van der Waals surface area (Å²) >= 11 is 0. The van der Waals surface area contributed by atoms with Crippen LogP contribution in [0.4, 0.5) is 11.6 Å². The van der Waals surface area contributed by atoms with Crippen LogP contribution >= 0.6 is 0 Å². The second-order valence-electron chi connectivity index (χ2n) is 7.70. The van der Waals surface area contributed by atoms with E-state index >= 15 is 0 Å². The van der Waals surface area contributed by atoms with E-state index in [2.05, 4.69) is 17.2 Å². The number of anilines is 2. The number of carbonyl (C=O) groups is 1. The van der Waals surface area contributed by atoms with E-state index in [1.165, 1.54) is 38.4 Å². The Hall–Kier alpha value is -3.85. The Labute approximate surface area is 198 Å². The minimum atomic E-state index is -3.85. The first kappa shape index (κ1) is 23.3. The first-order valence-electron chi connectivity index (χ1n) is 10.9. The Morgan fingerprint density at radius 2 is 1.71 bits per heavy atom. The van der Waals surface area contributed by atoms with Crippen LogP contribution in [0.2, 0.25) is 0 Å². The fraction of sp³-hybridized carbons (Fsp3) is 0.200. The summed E-state index contributed by atoms with van der Waals surface area (Å²) in [5.74, 6) is 0.537. The lowest BCUT2D eigenvalue weighted by Crippen LogP contribution is -2.27. The van der Waals surface area contributed by atoms with Gasteiger partial charge in [-0.05, 0) is 55.0 Å². The van der Waals surface area contributed by atoms with E-state index in [0.29, 0.717) is 29.5 Å². The number of nitrogens with zero attached hydrogens (tertiary/aromatic N) is 3. The van der Waals surface area contributed by atoms with Gasteiger partial charge < -0.3 is 9.30 Å². The van der Waals surface area contributed by atoms with Crippen LogP contribution < -0.4 is 14.4 Å². The minimum Gasteiger partial charge on any atom is -0.495 e. The number of ether oxygens (including phenoxy) is 1. The Bertz CT molecular complexity index is 1430. The van der Waals surface area contributed by atoms with E-state index in [0.717, 1.165) is 21.8 Å². The van der Waals surface area contributed by atoms with Crippen LogP contribution in [-0.4, -0.2) is 38.0 Å². The summed E-state index contributed by atoms with van der Waals surface area (Å²) in [7, 11) is -0.900. The number of aryl methyl sites for hydroxylation is 1. The molecule has 4 aromatic rings. The lowest BCUT2D eigenvalue weighted by molar-refractivity contribution is 0.102. The van der Waals surface area contributed by atoms with Crippen molar-refractivity contribution >= 4 is 38.6 Å². The molecule has 34 heavy (non-hydrogen) atoms. The van der Waals surface area contributed by atoms with Gasteiger partial charge in [0.2, 0.25) is 5.95 Å². The van der Waals surface area contributed by atoms with Gasteiger partial charge in [0, 0.05) is 19.2 Å². The summed E-state index contributed by atoms with van der Waals surface area (Å²) in [5, 5.41) is 2.86. The molecule has 0 bridgehead atoms. The normalized spacial score (nSPS) is 11.4. The van der Waals surface area contributed by atoms with Crippen LogP contribution in [-0.2, 0) is 16.6 Å². The summed E-state index contributed by atoms with van der Waals surface area (Å²) in [6.45, 7) is 2.77. The van der Waals surface area contributed by atoms with Gasteiger partial charge in [0.1, 0.15) is 5.75 Å². The van der Waals surface area contributed by atoms with E-state index in [1.54, 1.807) is 24.3 Å². The summed E-state index contributed by atoms with van der Waals surface area (Å²) in [6.07, 6.45) is 0.884. The number of aromatic nitrogens is 2. The summed E-state index contributed by atoms with van der Waals surface area (Å²) in [4.78, 5) is 17.5. The smallest absolute Gasteiger partial charge is 0.264 e. The van der Waals surface area contributed by atoms with Crippen LogP contribution in [0.3, 0.4) is 0 Å². The van der Waals surface area contributed by atoms with Gasteiger partial charge in [-0.2, -0.15) is 0 Å². The van der Waals surface area contributed by atoms with Gasteiger partial charge in [-0.1, -0.05) is 31.2 Å². The highest BCUT2D eigenvalue weighted by atomic mass is 32.2. The number of sulfonamides is 1. The molecule has 4 rings (SSSR count). The van der Waals surface area contributed by atoms with Crippen molar-refractivity contribution in [2.45, 2.75) is 24.8 Å². The average molecular weight is 479 g/mol. The van der Waals surface area contributed by atoms with Gasteiger partial charge in [0.15, 0.2) is 0 Å². The Kier molecular flexibility index (Phi) is 6.56. The molecular formula is C25H26N4O4S. The second kappa shape index (κ2) is 9.56. The molecule has 0 aliphatic rings. The first-order chi connectivity index (χ1) is 16.4. The van der Waals surface area contributed by atoms with Gasteiger partial charge in [-0.3, -0.25) is 14.4 Å². The fourth-order valence-corrected chi connectivity index (χ4v) is 4.96. The number of carbonyl (C=O) groups excluding carboxylic acids is 1. The second-order valence-corrected chi connectivity index (χ2v) is 9.67. The van der Waals surface area contributed by atoms with Crippen molar-refractivity contribution in [3.05, 3.63) is 78.4 Å². The number of benzene rings is 3. The predicted molar refractivity (Wildman–Crippen MR) is 133 cm³/mol. The molecule has 8 nitrogen and oxygen atoms in total. The molecule has 9 heteroatoms. The number of amides is 1. The molecule has 0 fully saturated rings. The van der Waals surface area contributed by atoms with Crippen LogP contribution in [0.5, 0.6) is 5.75 Å². The number of fused-ring (bicyclic) bond motifs is 1. The van der Waals surface area contributed by atoms with Crippen molar-refractivity contribution in [3.8, 4) is 5.75 Å². The van der Waals surface area contributed by atoms with Crippen LogP contribution in [0, 0.1) is 0 Å². The van der Waals surface area contributed by atoms with E-state index in [9.17, 15) is 13.2 Å². The molecule has 176 valence electrons. The molecule has 0 radical (unpaired) electrons. The highest BCUT2D eigenvalue weighted by Gasteiger charge is 2.24. The molecule has 1 aromatic heterocycles. The molecule has 0 atom stereocenters. The first-order valence-corrected chi connectivity index (χ1v) is 12.3. The fourth-order valence-electron chi connectivity index (χ4n) is 3.75. The number of imidazole rings is 1. The van der Waals surface area contributed by atoms with Crippen molar-refractivity contribution in [2.24, 2.45) is 0 Å². The maximum Gasteiger partial charge on any atom is 0.264 e. The lowest BCUT2D eigenvalue weighted by atomic mass is 10.2. The topological polar surface area (TPSA) is 93.5 Å². The Morgan fingerprint density at radius 3 is 2.41 bits per heavy atom. The molecule has 0 aliphatic carbocycles. The molecule has 0 aliphatic heterocycles. The van der Waals surface area contributed by atoms with E-state index < -0.39 is 10.0 Å². The monoisotopic (exact) mass is 478 g/mol. The van der Waals surface area contributed by atoms with Gasteiger partial charge in [-0.25, -0.2) is 13.4 Å². The Morgan fingerprint density at radius 1 is 1.03 bits per heavy atom. The molecular weight excluding hydrogens is 452 g/mol. The molecule has 1 N–H and O–H groups in total. The van der Waals surface area contributed by atoms with Crippen molar-refractivity contribution in [3.63, 3.8) is 0 Å². The number of para-hydroxylation sites is 4. The van der Waals surface area contributed by atoms with Crippen molar-refractivity contribution in [1.29, 1.82) is 0 Å². The molecule has 1 amide bonds. The highest BCUT2D eigenvalue weighted by Crippen LogP contribution is 2.31. The minimum absolute atomic E-state index is 0.0654. The van der Waals surface area contributed by atoms with Gasteiger partial charge in [0.25, 0.3) is 15.9 Å². The van der Waals surface area contributed by atoms with Crippen LogP contribution in [0.25, 0.3) is 11.0 Å². The lowest BCUT2D eigenvalue weighted by Gasteiger charge is -2.21. The van der Waals surface area contributed by atoms with E-state index in [-0.39, 0.29) is 10.8 Å². The molecule has 1 heterocycles. The van der Waals surface area contributed by atoms with Crippen LogP contribution in [0.15, 0.2) is 77.7 Å². The van der Waals surface area contributed by atoms with Crippen molar-refractivity contribution in [2.75, 3.05) is 23.8 Å². The molecule has 0 saturated heterocycles. The van der Waals surface area contributed by atoms with Gasteiger partial charge >= 0.3 is 0 Å². The quantitative estimate of drug-likeness (QED) is 0.402. The zero-order valence-corrected chi connectivity index (χ0v) is 20.0. The third-order valence-corrected chi connectivity index (χ3v) is 7.31. The number of methoxy groups -OCH3 is 1. The Balaban J connectivity index is 1.57.